The molecule has 0 saturated heterocycles. The lowest BCUT2D eigenvalue weighted by atomic mass is 10.0. The molecule has 0 amide bonds. The molecule has 0 fully saturated rings. The number of carbonyl (C=O) groups is 3. The van der Waals surface area contributed by atoms with Gasteiger partial charge in [0.15, 0.2) is 5.78 Å². The van der Waals surface area contributed by atoms with Crippen molar-refractivity contribution in [3.63, 3.8) is 0 Å². The van der Waals surface area contributed by atoms with Crippen LogP contribution < -0.4 is 0 Å². The van der Waals surface area contributed by atoms with Crippen LogP contribution in [0.5, 0.6) is 0 Å². The van der Waals surface area contributed by atoms with Crippen LogP contribution in [0.4, 0.5) is 0 Å². The second-order valence-corrected chi connectivity index (χ2v) is 4.83. The van der Waals surface area contributed by atoms with Gasteiger partial charge in [0.2, 0.25) is 0 Å². The van der Waals surface area contributed by atoms with Crippen molar-refractivity contribution in [2.45, 2.75) is 45.4 Å². The molecule has 0 aliphatic heterocycles. The predicted octanol–water partition coefficient (Wildman–Crippen LogP) is 2.55. The Labute approximate surface area is 124 Å². The van der Waals surface area contributed by atoms with E-state index >= 15 is 0 Å². The lowest BCUT2D eigenvalue weighted by Crippen LogP contribution is -2.21. The molecule has 1 aliphatic carbocycles. The molecule has 21 heavy (non-hydrogen) atoms. The Kier molecular flexibility index (Phi) is 7.29. The van der Waals surface area contributed by atoms with Gasteiger partial charge in [0.25, 0.3) is 0 Å². The Morgan fingerprint density at radius 1 is 1.14 bits per heavy atom. The molecule has 0 unspecified atom stereocenters. The van der Waals surface area contributed by atoms with Crippen LogP contribution in [0, 0.1) is 0 Å². The van der Waals surface area contributed by atoms with E-state index in [0.29, 0.717) is 12.1 Å². The Balaban J connectivity index is 2.44. The van der Waals surface area contributed by atoms with Crippen molar-refractivity contribution < 1.29 is 19.1 Å². The van der Waals surface area contributed by atoms with Crippen LogP contribution >= 0.6 is 0 Å². The molecule has 0 aromatic heterocycles. The van der Waals surface area contributed by atoms with Gasteiger partial charge in [-0.15, -0.1) is 0 Å². The third kappa shape index (κ3) is 5.85. The summed E-state index contributed by atoms with van der Waals surface area (Å²) in [6.45, 7) is 2.12. The highest BCUT2D eigenvalue weighted by Crippen LogP contribution is 2.10. The van der Waals surface area contributed by atoms with Crippen LogP contribution in [0.2, 0.25) is 0 Å². The molecule has 5 heteroatoms. The van der Waals surface area contributed by atoms with Crippen LogP contribution in [-0.2, 0) is 19.1 Å². The maximum atomic E-state index is 11.8. The van der Waals surface area contributed by atoms with Gasteiger partial charge >= 0.3 is 11.9 Å². The molecular weight excluding hydrogens is 270 g/mol. The average molecular weight is 291 g/mol. The van der Waals surface area contributed by atoms with Gasteiger partial charge in [-0.3, -0.25) is 14.6 Å². The maximum Gasteiger partial charge on any atom is 0.349 e. The SMILES string of the molecule is CCCCCCCC(=O)OC(=O)C1=C/C(=N/C)C=CC1=O. The summed E-state index contributed by atoms with van der Waals surface area (Å²) in [5.41, 5.74) is 0.339. The van der Waals surface area contributed by atoms with E-state index in [-0.39, 0.29) is 12.0 Å². The van der Waals surface area contributed by atoms with Gasteiger partial charge in [0, 0.05) is 13.5 Å². The third-order valence-corrected chi connectivity index (χ3v) is 3.13. The van der Waals surface area contributed by atoms with E-state index < -0.39 is 17.7 Å². The van der Waals surface area contributed by atoms with Gasteiger partial charge in [-0.1, -0.05) is 32.6 Å². The minimum absolute atomic E-state index is 0.155. The van der Waals surface area contributed by atoms with Crippen LogP contribution in [0.15, 0.2) is 28.8 Å². The first-order valence-corrected chi connectivity index (χ1v) is 7.24. The second kappa shape index (κ2) is 9.00. The average Bonchev–Trinajstić information content (AvgIpc) is 2.47. The monoisotopic (exact) mass is 291 g/mol. The minimum atomic E-state index is -0.899. The van der Waals surface area contributed by atoms with Crippen molar-refractivity contribution >= 4 is 23.4 Å². The summed E-state index contributed by atoms with van der Waals surface area (Å²) in [5, 5.41) is 0. The predicted molar refractivity (Wildman–Crippen MR) is 80.1 cm³/mol. The molecule has 0 bridgehead atoms. The molecular formula is C16H21NO4. The molecule has 0 aromatic rings. The smallest absolute Gasteiger partial charge is 0.349 e. The first-order chi connectivity index (χ1) is 10.1. The molecule has 0 aromatic carbocycles. The summed E-state index contributed by atoms with van der Waals surface area (Å²) in [6.07, 6.45) is 9.26. The second-order valence-electron chi connectivity index (χ2n) is 4.83. The minimum Gasteiger partial charge on any atom is -0.389 e. The summed E-state index contributed by atoms with van der Waals surface area (Å²) in [5.74, 6) is -1.96. The lowest BCUT2D eigenvalue weighted by Gasteiger charge is -2.07. The largest absolute Gasteiger partial charge is 0.389 e. The molecule has 0 heterocycles. The fraction of sp³-hybridized carbons (Fsp3) is 0.500. The maximum absolute atomic E-state index is 11.8. The van der Waals surface area contributed by atoms with Gasteiger partial charge in [0.05, 0.1) is 5.71 Å². The summed E-state index contributed by atoms with van der Waals surface area (Å²) in [6, 6.07) is 0. The first kappa shape index (κ1) is 17.0. The van der Waals surface area contributed by atoms with Gasteiger partial charge in [0.1, 0.15) is 5.57 Å². The molecule has 0 atom stereocenters. The van der Waals surface area contributed by atoms with E-state index in [1.165, 1.54) is 18.2 Å². The lowest BCUT2D eigenvalue weighted by molar-refractivity contribution is -0.157. The van der Waals surface area contributed by atoms with Crippen molar-refractivity contribution in [1.29, 1.82) is 0 Å². The molecule has 0 radical (unpaired) electrons. The fourth-order valence-corrected chi connectivity index (χ4v) is 1.90. The molecule has 1 rings (SSSR count). The molecule has 114 valence electrons. The standard InChI is InChI=1S/C16H21NO4/c1-3-4-5-6-7-8-15(19)21-16(20)13-11-12(17-2)9-10-14(13)18/h9-11H,3-8H2,1-2H3/b17-12+. The number of carbonyl (C=O) groups excluding carboxylic acids is 3. The van der Waals surface area contributed by atoms with Crippen LogP contribution in [0.1, 0.15) is 45.4 Å². The number of nitrogens with zero attached hydrogens (tertiary/aromatic N) is 1. The summed E-state index contributed by atoms with van der Waals surface area (Å²) in [4.78, 5) is 38.8. The zero-order valence-electron chi connectivity index (χ0n) is 12.6. The zero-order chi connectivity index (χ0) is 15.7. The first-order valence-electron chi connectivity index (χ1n) is 7.24. The van der Waals surface area contributed by atoms with E-state index in [2.05, 4.69) is 11.9 Å². The van der Waals surface area contributed by atoms with Crippen molar-refractivity contribution in [2.75, 3.05) is 7.05 Å². The Bertz CT molecular complexity index is 500. The Hall–Kier alpha value is -2.04. The van der Waals surface area contributed by atoms with Crippen LogP contribution in [0.25, 0.3) is 0 Å². The third-order valence-electron chi connectivity index (χ3n) is 3.13. The highest BCUT2D eigenvalue weighted by Gasteiger charge is 2.23. The van der Waals surface area contributed by atoms with Gasteiger partial charge in [-0.2, -0.15) is 0 Å². The van der Waals surface area contributed by atoms with E-state index in [1.54, 1.807) is 7.05 Å². The Morgan fingerprint density at radius 2 is 1.86 bits per heavy atom. The van der Waals surface area contributed by atoms with Crippen LogP contribution in [-0.4, -0.2) is 30.5 Å². The number of rotatable bonds is 7. The number of aliphatic imine (C=N–C) groups is 1. The summed E-state index contributed by atoms with van der Waals surface area (Å²) < 4.78 is 4.70. The van der Waals surface area contributed by atoms with Gasteiger partial charge < -0.3 is 4.74 Å². The highest BCUT2D eigenvalue weighted by atomic mass is 16.6. The van der Waals surface area contributed by atoms with Crippen molar-refractivity contribution in [3.05, 3.63) is 23.8 Å². The van der Waals surface area contributed by atoms with Crippen LogP contribution in [0.3, 0.4) is 0 Å². The zero-order valence-corrected chi connectivity index (χ0v) is 12.6. The molecule has 1 aliphatic rings. The van der Waals surface area contributed by atoms with E-state index in [9.17, 15) is 14.4 Å². The fourth-order valence-electron chi connectivity index (χ4n) is 1.90. The number of allylic oxidation sites excluding steroid dienone is 3. The number of ether oxygens (including phenoxy) is 1. The van der Waals surface area contributed by atoms with E-state index in [4.69, 9.17) is 4.74 Å². The Morgan fingerprint density at radius 3 is 2.52 bits per heavy atom. The number of ketones is 1. The van der Waals surface area contributed by atoms with E-state index in [0.717, 1.165) is 25.7 Å². The van der Waals surface area contributed by atoms with Crippen molar-refractivity contribution in [2.24, 2.45) is 4.99 Å². The number of hydrogen-bond acceptors (Lipinski definition) is 5. The molecule has 0 N–H and O–H groups in total. The summed E-state index contributed by atoms with van der Waals surface area (Å²) >= 11 is 0. The van der Waals surface area contributed by atoms with E-state index in [1.807, 2.05) is 0 Å². The number of unbranched alkanes of at least 4 members (excludes halogenated alkanes) is 4. The number of esters is 2. The number of hydrogen-bond donors (Lipinski definition) is 0. The normalized spacial score (nSPS) is 16.0. The molecule has 5 nitrogen and oxygen atoms in total. The van der Waals surface area contributed by atoms with Gasteiger partial charge in [-0.05, 0) is 24.6 Å². The van der Waals surface area contributed by atoms with Crippen molar-refractivity contribution in [1.82, 2.24) is 0 Å². The quantitative estimate of drug-likeness (QED) is 0.237. The summed E-state index contributed by atoms with van der Waals surface area (Å²) in [7, 11) is 1.55. The molecule has 0 spiro atoms. The highest BCUT2D eigenvalue weighted by molar-refractivity contribution is 6.30. The molecule has 0 saturated carbocycles. The van der Waals surface area contributed by atoms with Crippen molar-refractivity contribution in [3.8, 4) is 0 Å². The van der Waals surface area contributed by atoms with Gasteiger partial charge in [-0.25, -0.2) is 4.79 Å². The topological polar surface area (TPSA) is 72.8 Å².